The maximum Gasteiger partial charge on any atom is 0.0620 e. The zero-order valence-corrected chi connectivity index (χ0v) is 11.6. The number of aliphatic hydroxyl groups excluding tert-OH is 1. The van der Waals surface area contributed by atoms with Crippen LogP contribution >= 0.6 is 0 Å². The third-order valence-electron chi connectivity index (χ3n) is 2.75. The summed E-state index contributed by atoms with van der Waals surface area (Å²) >= 11 is 0. The van der Waals surface area contributed by atoms with E-state index in [2.05, 4.69) is 24.4 Å². The summed E-state index contributed by atoms with van der Waals surface area (Å²) < 4.78 is 5.56. The minimum absolute atomic E-state index is 0.0816. The van der Waals surface area contributed by atoms with E-state index in [1.165, 1.54) is 5.56 Å². The highest BCUT2D eigenvalue weighted by Gasteiger charge is 2.12. The van der Waals surface area contributed by atoms with Gasteiger partial charge in [-0.2, -0.15) is 0 Å². The number of ether oxygens (including phenoxy) is 1. The van der Waals surface area contributed by atoms with E-state index >= 15 is 0 Å². The van der Waals surface area contributed by atoms with Gasteiger partial charge < -0.3 is 15.2 Å². The van der Waals surface area contributed by atoms with Crippen molar-refractivity contribution in [3.05, 3.63) is 35.9 Å². The summed E-state index contributed by atoms with van der Waals surface area (Å²) in [4.78, 5) is 0. The van der Waals surface area contributed by atoms with Crippen LogP contribution in [0.2, 0.25) is 0 Å². The Hall–Kier alpha value is -0.900. The van der Waals surface area contributed by atoms with Gasteiger partial charge in [0.15, 0.2) is 0 Å². The zero-order chi connectivity index (χ0) is 13.4. The Morgan fingerprint density at radius 1 is 1.17 bits per heavy atom. The van der Waals surface area contributed by atoms with Crippen molar-refractivity contribution >= 4 is 0 Å². The molecule has 0 aromatic heterocycles. The van der Waals surface area contributed by atoms with Gasteiger partial charge in [0.1, 0.15) is 0 Å². The second-order valence-electron chi connectivity index (χ2n) is 5.02. The third kappa shape index (κ3) is 6.15. The molecule has 1 rings (SSSR count). The van der Waals surface area contributed by atoms with Crippen molar-refractivity contribution in [3.8, 4) is 0 Å². The van der Waals surface area contributed by atoms with Crippen molar-refractivity contribution < 1.29 is 9.84 Å². The molecule has 0 spiro atoms. The molecule has 2 atom stereocenters. The number of hydrogen-bond acceptors (Lipinski definition) is 3. The normalized spacial score (nSPS) is 14.7. The minimum Gasteiger partial charge on any atom is -0.395 e. The predicted molar refractivity (Wildman–Crippen MR) is 74.7 cm³/mol. The van der Waals surface area contributed by atoms with Crippen LogP contribution in [0.3, 0.4) is 0 Å². The van der Waals surface area contributed by atoms with Gasteiger partial charge in [0.25, 0.3) is 0 Å². The topological polar surface area (TPSA) is 41.5 Å². The fraction of sp³-hybridized carbons (Fsp3) is 0.600. The molecule has 0 saturated heterocycles. The molecule has 0 bridgehead atoms. The summed E-state index contributed by atoms with van der Waals surface area (Å²) in [5.41, 5.74) is 1.24. The smallest absolute Gasteiger partial charge is 0.0620 e. The largest absolute Gasteiger partial charge is 0.395 e. The molecule has 0 amide bonds. The number of benzene rings is 1. The van der Waals surface area contributed by atoms with Crippen molar-refractivity contribution in [2.45, 2.75) is 45.4 Å². The van der Waals surface area contributed by atoms with Crippen LogP contribution in [0.5, 0.6) is 0 Å². The maximum absolute atomic E-state index is 9.41. The Balaban J connectivity index is 2.37. The molecule has 3 heteroatoms. The van der Waals surface area contributed by atoms with E-state index in [4.69, 9.17) is 4.74 Å². The second-order valence-corrected chi connectivity index (χ2v) is 5.02. The lowest BCUT2D eigenvalue weighted by molar-refractivity contribution is 0.0599. The number of aliphatic hydroxyl groups is 1. The molecule has 102 valence electrons. The summed E-state index contributed by atoms with van der Waals surface area (Å²) in [6.45, 7) is 6.94. The molecule has 0 fully saturated rings. The van der Waals surface area contributed by atoms with Crippen molar-refractivity contribution in [1.29, 1.82) is 0 Å². The van der Waals surface area contributed by atoms with Gasteiger partial charge in [-0.15, -0.1) is 0 Å². The third-order valence-corrected chi connectivity index (χ3v) is 2.75. The Morgan fingerprint density at radius 2 is 1.83 bits per heavy atom. The van der Waals surface area contributed by atoms with Gasteiger partial charge in [-0.1, -0.05) is 30.3 Å². The Bertz CT molecular complexity index is 314. The quantitative estimate of drug-likeness (QED) is 0.742. The molecule has 0 heterocycles. The van der Waals surface area contributed by atoms with Crippen LogP contribution in [0.4, 0.5) is 0 Å². The first-order valence-electron chi connectivity index (χ1n) is 6.64. The molecular weight excluding hydrogens is 226 g/mol. The van der Waals surface area contributed by atoms with Crippen LogP contribution < -0.4 is 5.32 Å². The average Bonchev–Trinajstić information content (AvgIpc) is 2.37. The number of nitrogens with one attached hydrogen (secondary N) is 1. The van der Waals surface area contributed by atoms with Crippen LogP contribution in [0.25, 0.3) is 0 Å². The van der Waals surface area contributed by atoms with Crippen LogP contribution in [-0.4, -0.2) is 36.5 Å². The molecular formula is C15H25NO2. The van der Waals surface area contributed by atoms with E-state index in [0.29, 0.717) is 6.61 Å². The highest BCUT2D eigenvalue weighted by molar-refractivity contribution is 5.15. The van der Waals surface area contributed by atoms with Gasteiger partial charge in [0.05, 0.1) is 19.3 Å². The van der Waals surface area contributed by atoms with E-state index in [1.54, 1.807) is 0 Å². The molecule has 1 aromatic carbocycles. The average molecular weight is 251 g/mol. The SMILES string of the molecule is CC(C)OC[C@@H](C)N[C@@H](CO)Cc1ccccc1. The minimum atomic E-state index is 0.0816. The summed E-state index contributed by atoms with van der Waals surface area (Å²) in [5.74, 6) is 0. The van der Waals surface area contributed by atoms with Gasteiger partial charge in [-0.05, 0) is 32.8 Å². The van der Waals surface area contributed by atoms with E-state index in [1.807, 2.05) is 32.0 Å². The fourth-order valence-electron chi connectivity index (χ4n) is 1.86. The number of rotatable bonds is 8. The molecule has 2 N–H and O–H groups in total. The highest BCUT2D eigenvalue weighted by Crippen LogP contribution is 2.04. The standard InChI is InChI=1S/C15H25NO2/c1-12(2)18-11-13(3)16-15(10-17)9-14-7-5-4-6-8-14/h4-8,12-13,15-17H,9-11H2,1-3H3/t13-,15-/m1/s1. The molecule has 0 aliphatic rings. The van der Waals surface area contributed by atoms with E-state index in [9.17, 15) is 5.11 Å². The van der Waals surface area contributed by atoms with Gasteiger partial charge in [0, 0.05) is 12.1 Å². The summed E-state index contributed by atoms with van der Waals surface area (Å²) in [7, 11) is 0. The molecule has 0 unspecified atom stereocenters. The number of hydrogen-bond donors (Lipinski definition) is 2. The molecule has 0 radical (unpaired) electrons. The lowest BCUT2D eigenvalue weighted by Gasteiger charge is -2.22. The predicted octanol–water partition coefficient (Wildman–Crippen LogP) is 1.99. The van der Waals surface area contributed by atoms with E-state index < -0.39 is 0 Å². The summed E-state index contributed by atoms with van der Waals surface area (Å²) in [6, 6.07) is 10.5. The zero-order valence-electron chi connectivity index (χ0n) is 11.6. The summed E-state index contributed by atoms with van der Waals surface area (Å²) in [6.07, 6.45) is 1.08. The first-order valence-corrected chi connectivity index (χ1v) is 6.64. The Labute approximate surface area is 110 Å². The molecule has 18 heavy (non-hydrogen) atoms. The van der Waals surface area contributed by atoms with Gasteiger partial charge in [0.2, 0.25) is 0 Å². The lowest BCUT2D eigenvalue weighted by atomic mass is 10.1. The Kier molecular flexibility index (Phi) is 6.94. The first-order chi connectivity index (χ1) is 8.61. The highest BCUT2D eigenvalue weighted by atomic mass is 16.5. The molecule has 0 saturated carbocycles. The van der Waals surface area contributed by atoms with Crippen LogP contribution in [0, 0.1) is 0 Å². The van der Waals surface area contributed by atoms with Crippen LogP contribution in [0.1, 0.15) is 26.3 Å². The van der Waals surface area contributed by atoms with Gasteiger partial charge in [-0.3, -0.25) is 0 Å². The van der Waals surface area contributed by atoms with E-state index in [-0.39, 0.29) is 24.8 Å². The molecule has 3 nitrogen and oxygen atoms in total. The lowest BCUT2D eigenvalue weighted by Crippen LogP contribution is -2.43. The monoisotopic (exact) mass is 251 g/mol. The second kappa shape index (κ2) is 8.25. The van der Waals surface area contributed by atoms with Crippen LogP contribution in [0.15, 0.2) is 30.3 Å². The van der Waals surface area contributed by atoms with E-state index in [0.717, 1.165) is 6.42 Å². The molecule has 1 aromatic rings. The van der Waals surface area contributed by atoms with Gasteiger partial charge >= 0.3 is 0 Å². The van der Waals surface area contributed by atoms with Crippen molar-refractivity contribution in [3.63, 3.8) is 0 Å². The van der Waals surface area contributed by atoms with Crippen LogP contribution in [-0.2, 0) is 11.2 Å². The van der Waals surface area contributed by atoms with Crippen molar-refractivity contribution in [2.75, 3.05) is 13.2 Å². The molecule has 0 aliphatic heterocycles. The maximum atomic E-state index is 9.41. The molecule has 0 aliphatic carbocycles. The fourth-order valence-corrected chi connectivity index (χ4v) is 1.86. The first kappa shape index (κ1) is 15.2. The summed E-state index contributed by atoms with van der Waals surface area (Å²) in [5, 5.41) is 12.8. The van der Waals surface area contributed by atoms with Crippen molar-refractivity contribution in [2.24, 2.45) is 0 Å². The van der Waals surface area contributed by atoms with Gasteiger partial charge in [-0.25, -0.2) is 0 Å². The Morgan fingerprint density at radius 3 is 2.39 bits per heavy atom. The van der Waals surface area contributed by atoms with Crippen molar-refractivity contribution in [1.82, 2.24) is 5.32 Å².